The lowest BCUT2D eigenvalue weighted by atomic mass is 9.79. The highest BCUT2D eigenvalue weighted by Gasteiger charge is 2.21. The van der Waals surface area contributed by atoms with E-state index in [0.717, 1.165) is 18.2 Å². The van der Waals surface area contributed by atoms with Gasteiger partial charge in [-0.25, -0.2) is 4.98 Å². The fourth-order valence-corrected chi connectivity index (χ4v) is 2.91. The zero-order valence-corrected chi connectivity index (χ0v) is 12.3. The predicted molar refractivity (Wildman–Crippen MR) is 81.8 cm³/mol. The summed E-state index contributed by atoms with van der Waals surface area (Å²) < 4.78 is 2.01. The van der Waals surface area contributed by atoms with Crippen molar-refractivity contribution < 1.29 is 0 Å². The van der Waals surface area contributed by atoms with Gasteiger partial charge in [0.1, 0.15) is 0 Å². The molecule has 20 heavy (non-hydrogen) atoms. The molecule has 2 aromatic rings. The minimum Gasteiger partial charge on any atom is -0.340 e. The van der Waals surface area contributed by atoms with Crippen molar-refractivity contribution in [1.29, 1.82) is 0 Å². The average Bonchev–Trinajstić information content (AvgIpc) is 2.81. The van der Waals surface area contributed by atoms with Gasteiger partial charge in [-0.2, -0.15) is 0 Å². The van der Waals surface area contributed by atoms with Crippen LogP contribution in [0, 0.1) is 0 Å². The van der Waals surface area contributed by atoms with E-state index in [1.165, 1.54) is 30.4 Å². The number of rotatable bonds is 5. The van der Waals surface area contributed by atoms with Crippen molar-refractivity contribution in [3.05, 3.63) is 53.6 Å². The van der Waals surface area contributed by atoms with Crippen LogP contribution in [0.1, 0.15) is 55.0 Å². The number of aryl methyl sites for hydroxylation is 1. The van der Waals surface area contributed by atoms with E-state index < -0.39 is 0 Å². The molecule has 3 rings (SSSR count). The van der Waals surface area contributed by atoms with Crippen LogP contribution in [-0.4, -0.2) is 16.1 Å². The predicted octanol–water partition coefficient (Wildman–Crippen LogP) is 3.39. The molecule has 106 valence electrons. The van der Waals surface area contributed by atoms with Crippen molar-refractivity contribution in [1.82, 2.24) is 14.9 Å². The highest BCUT2D eigenvalue weighted by atomic mass is 15.0. The summed E-state index contributed by atoms with van der Waals surface area (Å²) in [5, 5.41) is 3.55. The van der Waals surface area contributed by atoms with Crippen LogP contribution >= 0.6 is 0 Å². The number of benzene rings is 1. The Hall–Kier alpha value is -1.61. The molecule has 1 aromatic carbocycles. The molecule has 3 nitrogen and oxygen atoms in total. The average molecular weight is 269 g/mol. The van der Waals surface area contributed by atoms with Gasteiger partial charge < -0.3 is 9.88 Å². The molecule has 1 aromatic heterocycles. The van der Waals surface area contributed by atoms with Crippen molar-refractivity contribution in [3.63, 3.8) is 0 Å². The smallest absolute Gasteiger partial charge is 0.0947 e. The van der Waals surface area contributed by atoms with Crippen molar-refractivity contribution in [2.75, 3.05) is 6.54 Å². The third-order valence-electron chi connectivity index (χ3n) is 4.25. The normalized spacial score (nSPS) is 16.9. The summed E-state index contributed by atoms with van der Waals surface area (Å²) in [6, 6.07) is 9.24. The van der Waals surface area contributed by atoms with Crippen molar-refractivity contribution in [2.45, 2.75) is 38.1 Å². The van der Waals surface area contributed by atoms with Crippen LogP contribution in [0.2, 0.25) is 0 Å². The Balaban J connectivity index is 1.90. The highest BCUT2D eigenvalue weighted by molar-refractivity contribution is 5.33. The molecule has 1 saturated carbocycles. The summed E-state index contributed by atoms with van der Waals surface area (Å²) >= 11 is 0. The topological polar surface area (TPSA) is 29.9 Å². The third-order valence-corrected chi connectivity index (χ3v) is 4.25. The molecular formula is C17H23N3. The van der Waals surface area contributed by atoms with E-state index in [4.69, 9.17) is 0 Å². The molecule has 1 aliphatic carbocycles. The summed E-state index contributed by atoms with van der Waals surface area (Å²) in [5.41, 5.74) is 3.92. The molecule has 1 aliphatic rings. The molecule has 0 radical (unpaired) electrons. The van der Waals surface area contributed by atoms with Gasteiger partial charge in [-0.15, -0.1) is 0 Å². The van der Waals surface area contributed by atoms with Crippen molar-refractivity contribution in [2.24, 2.45) is 7.05 Å². The van der Waals surface area contributed by atoms with E-state index in [9.17, 15) is 0 Å². The Morgan fingerprint density at radius 3 is 2.85 bits per heavy atom. The fourth-order valence-electron chi connectivity index (χ4n) is 2.91. The van der Waals surface area contributed by atoms with Gasteiger partial charge in [-0.05, 0) is 36.4 Å². The van der Waals surface area contributed by atoms with E-state index in [1.54, 1.807) is 0 Å². The molecule has 1 N–H and O–H groups in total. The lowest BCUT2D eigenvalue weighted by molar-refractivity contribution is 0.419. The third kappa shape index (κ3) is 2.63. The number of hydrogen-bond donors (Lipinski definition) is 1. The minimum absolute atomic E-state index is 0.196. The van der Waals surface area contributed by atoms with Gasteiger partial charge in [0, 0.05) is 13.2 Å². The van der Waals surface area contributed by atoms with Gasteiger partial charge >= 0.3 is 0 Å². The second-order valence-electron chi connectivity index (χ2n) is 5.75. The molecule has 0 aliphatic heterocycles. The first-order valence-electron chi connectivity index (χ1n) is 7.59. The summed E-state index contributed by atoms with van der Waals surface area (Å²) in [7, 11) is 2.02. The molecule has 0 spiro atoms. The summed E-state index contributed by atoms with van der Waals surface area (Å²) in [6.45, 7) is 3.08. The summed E-state index contributed by atoms with van der Waals surface area (Å²) in [4.78, 5) is 4.52. The summed E-state index contributed by atoms with van der Waals surface area (Å²) in [5.74, 6) is 0.779. The lowest BCUT2D eigenvalue weighted by Crippen LogP contribution is -2.22. The molecule has 1 atom stereocenters. The molecule has 1 unspecified atom stereocenters. The molecule has 1 heterocycles. The van der Waals surface area contributed by atoms with E-state index >= 15 is 0 Å². The zero-order chi connectivity index (χ0) is 13.9. The quantitative estimate of drug-likeness (QED) is 0.901. The van der Waals surface area contributed by atoms with E-state index in [2.05, 4.69) is 47.7 Å². The maximum atomic E-state index is 4.52. The number of imidazole rings is 1. The van der Waals surface area contributed by atoms with Gasteiger partial charge in [0.2, 0.25) is 0 Å². The second-order valence-corrected chi connectivity index (χ2v) is 5.75. The van der Waals surface area contributed by atoms with Crippen molar-refractivity contribution in [3.8, 4) is 0 Å². The van der Waals surface area contributed by atoms with E-state index in [1.807, 2.05) is 17.9 Å². The Labute approximate surface area is 121 Å². The first kappa shape index (κ1) is 13.4. The van der Waals surface area contributed by atoms with Crippen LogP contribution in [0.4, 0.5) is 0 Å². The van der Waals surface area contributed by atoms with E-state index in [0.29, 0.717) is 0 Å². The summed E-state index contributed by atoms with van der Waals surface area (Å²) in [6.07, 6.45) is 8.04. The number of hydrogen-bond acceptors (Lipinski definition) is 2. The van der Waals surface area contributed by atoms with Crippen LogP contribution in [0.25, 0.3) is 0 Å². The van der Waals surface area contributed by atoms with Crippen LogP contribution < -0.4 is 5.32 Å². The van der Waals surface area contributed by atoms with Gasteiger partial charge in [-0.1, -0.05) is 37.6 Å². The monoisotopic (exact) mass is 269 g/mol. The van der Waals surface area contributed by atoms with Gasteiger partial charge in [-0.3, -0.25) is 0 Å². The maximum absolute atomic E-state index is 4.52. The lowest BCUT2D eigenvalue weighted by Gasteiger charge is -2.27. The number of nitrogens with zero attached hydrogens (tertiary/aromatic N) is 2. The van der Waals surface area contributed by atoms with Crippen LogP contribution in [-0.2, 0) is 7.05 Å². The van der Waals surface area contributed by atoms with Crippen molar-refractivity contribution >= 4 is 0 Å². The van der Waals surface area contributed by atoms with Crippen LogP contribution in [0.15, 0.2) is 36.8 Å². The first-order valence-corrected chi connectivity index (χ1v) is 7.59. The fraction of sp³-hybridized carbons (Fsp3) is 0.471. The molecule has 3 heteroatoms. The van der Waals surface area contributed by atoms with Crippen LogP contribution in [0.5, 0.6) is 0 Å². The SMILES string of the molecule is CCNC(c1cccc(C2CCC2)c1)c1cn(C)cn1. The Kier molecular flexibility index (Phi) is 3.88. The Morgan fingerprint density at radius 1 is 1.40 bits per heavy atom. The molecule has 0 amide bonds. The first-order chi connectivity index (χ1) is 9.78. The Morgan fingerprint density at radius 2 is 2.25 bits per heavy atom. The van der Waals surface area contributed by atoms with Gasteiger partial charge in [0.05, 0.1) is 18.1 Å². The second kappa shape index (κ2) is 5.80. The molecule has 0 saturated heterocycles. The van der Waals surface area contributed by atoms with Gasteiger partial charge in [0.15, 0.2) is 0 Å². The van der Waals surface area contributed by atoms with E-state index in [-0.39, 0.29) is 6.04 Å². The largest absolute Gasteiger partial charge is 0.340 e. The standard InChI is InChI=1S/C17H23N3/c1-3-18-17(16-11-20(2)12-19-16)15-9-5-8-14(10-15)13-6-4-7-13/h5,8-13,17-18H,3-4,6-7H2,1-2H3. The zero-order valence-electron chi connectivity index (χ0n) is 12.3. The highest BCUT2D eigenvalue weighted by Crippen LogP contribution is 2.37. The number of nitrogens with one attached hydrogen (secondary N) is 1. The van der Waals surface area contributed by atoms with Gasteiger partial charge in [0.25, 0.3) is 0 Å². The molecule has 1 fully saturated rings. The minimum atomic E-state index is 0.196. The Bertz CT molecular complexity index is 569. The molecule has 0 bridgehead atoms. The number of aromatic nitrogens is 2. The maximum Gasteiger partial charge on any atom is 0.0947 e. The van der Waals surface area contributed by atoms with Crippen LogP contribution in [0.3, 0.4) is 0 Å². The molecular weight excluding hydrogens is 246 g/mol.